The number of ether oxygens (including phenoxy) is 1. The molecule has 3 rings (SSSR count). The molecule has 1 aromatic carbocycles. The number of hydrogen-bond acceptors (Lipinski definition) is 4. The number of nitrogens with zero attached hydrogens (tertiary/aromatic N) is 3. The van der Waals surface area contributed by atoms with Crippen molar-refractivity contribution in [2.24, 2.45) is 0 Å². The first-order valence-electron chi connectivity index (χ1n) is 8.89. The van der Waals surface area contributed by atoms with E-state index in [4.69, 9.17) is 4.74 Å². The fraction of sp³-hybridized carbons (Fsp3) is 0.350. The number of carbonyl (C=O) groups is 2. The van der Waals surface area contributed by atoms with Crippen LogP contribution in [-0.4, -0.2) is 59.4 Å². The van der Waals surface area contributed by atoms with Crippen LogP contribution >= 0.6 is 0 Å². The lowest BCUT2D eigenvalue weighted by Crippen LogP contribution is -2.50. The fourth-order valence-electron chi connectivity index (χ4n) is 2.92. The molecule has 1 aliphatic heterocycles. The number of hydrogen-bond donors (Lipinski definition) is 0. The minimum atomic E-state index is -0.00393. The standard InChI is InChI=1S/C20H23N3O3/c24-19(7-4-16-26-18-5-2-1-3-6-18)22-12-14-23(15-13-22)20(25)17-8-10-21-11-9-17/h1-3,5-6,8-11H,4,7,12-16H2. The molecule has 2 heterocycles. The summed E-state index contributed by atoms with van der Waals surface area (Å²) in [7, 11) is 0. The summed E-state index contributed by atoms with van der Waals surface area (Å²) in [5, 5.41) is 0. The third-order valence-electron chi connectivity index (χ3n) is 4.39. The number of pyridine rings is 1. The largest absolute Gasteiger partial charge is 0.494 e. The quantitative estimate of drug-likeness (QED) is 0.747. The maximum atomic E-state index is 12.4. The first-order chi connectivity index (χ1) is 12.7. The van der Waals surface area contributed by atoms with Crippen LogP contribution < -0.4 is 4.74 Å². The molecule has 136 valence electrons. The Morgan fingerprint density at radius 3 is 2.27 bits per heavy atom. The second-order valence-electron chi connectivity index (χ2n) is 6.17. The summed E-state index contributed by atoms with van der Waals surface area (Å²) >= 11 is 0. The zero-order chi connectivity index (χ0) is 18.2. The molecule has 1 saturated heterocycles. The van der Waals surface area contributed by atoms with E-state index in [9.17, 15) is 9.59 Å². The van der Waals surface area contributed by atoms with Gasteiger partial charge in [0.2, 0.25) is 5.91 Å². The van der Waals surface area contributed by atoms with Crippen molar-refractivity contribution in [3.05, 3.63) is 60.4 Å². The van der Waals surface area contributed by atoms with Gasteiger partial charge in [-0.15, -0.1) is 0 Å². The van der Waals surface area contributed by atoms with Crippen LogP contribution in [0, 0.1) is 0 Å². The lowest BCUT2D eigenvalue weighted by molar-refractivity contribution is -0.132. The van der Waals surface area contributed by atoms with Gasteiger partial charge < -0.3 is 14.5 Å². The van der Waals surface area contributed by atoms with Crippen LogP contribution in [0.3, 0.4) is 0 Å². The van der Waals surface area contributed by atoms with Crippen LogP contribution in [0.5, 0.6) is 5.75 Å². The Bertz CT molecular complexity index is 714. The van der Waals surface area contributed by atoms with Crippen molar-refractivity contribution in [2.45, 2.75) is 12.8 Å². The van der Waals surface area contributed by atoms with Crippen LogP contribution in [0.15, 0.2) is 54.9 Å². The normalized spacial score (nSPS) is 14.2. The summed E-state index contributed by atoms with van der Waals surface area (Å²) in [6.45, 7) is 2.81. The molecule has 0 aliphatic carbocycles. The molecule has 6 nitrogen and oxygen atoms in total. The van der Waals surface area contributed by atoms with Gasteiger partial charge in [0, 0.05) is 50.6 Å². The van der Waals surface area contributed by atoms with Gasteiger partial charge in [-0.25, -0.2) is 0 Å². The molecular formula is C20H23N3O3. The first-order valence-corrected chi connectivity index (χ1v) is 8.89. The van der Waals surface area contributed by atoms with Crippen molar-refractivity contribution >= 4 is 11.8 Å². The summed E-state index contributed by atoms with van der Waals surface area (Å²) in [5.74, 6) is 0.941. The van der Waals surface area contributed by atoms with Crippen molar-refractivity contribution in [3.8, 4) is 5.75 Å². The highest BCUT2D eigenvalue weighted by Gasteiger charge is 2.24. The Morgan fingerprint density at radius 2 is 1.58 bits per heavy atom. The molecule has 0 N–H and O–H groups in total. The maximum Gasteiger partial charge on any atom is 0.254 e. The van der Waals surface area contributed by atoms with E-state index in [1.807, 2.05) is 35.2 Å². The summed E-state index contributed by atoms with van der Waals surface area (Å²) in [4.78, 5) is 32.3. The third-order valence-corrected chi connectivity index (χ3v) is 4.39. The van der Waals surface area contributed by atoms with E-state index in [2.05, 4.69) is 4.98 Å². The van der Waals surface area contributed by atoms with Crippen molar-refractivity contribution in [3.63, 3.8) is 0 Å². The molecule has 6 heteroatoms. The highest BCUT2D eigenvalue weighted by molar-refractivity contribution is 5.94. The number of benzene rings is 1. The van der Waals surface area contributed by atoms with E-state index in [0.29, 0.717) is 51.2 Å². The van der Waals surface area contributed by atoms with Crippen molar-refractivity contribution < 1.29 is 14.3 Å². The van der Waals surface area contributed by atoms with E-state index in [0.717, 1.165) is 5.75 Å². The molecular weight excluding hydrogens is 330 g/mol. The SMILES string of the molecule is O=C(CCCOc1ccccc1)N1CCN(C(=O)c2ccncc2)CC1. The van der Waals surface area contributed by atoms with Crippen LogP contribution in [-0.2, 0) is 4.79 Å². The summed E-state index contributed by atoms with van der Waals surface area (Å²) in [6, 6.07) is 13.0. The number of carbonyl (C=O) groups excluding carboxylic acids is 2. The Hall–Kier alpha value is -2.89. The fourth-order valence-corrected chi connectivity index (χ4v) is 2.92. The highest BCUT2D eigenvalue weighted by Crippen LogP contribution is 2.11. The molecule has 0 spiro atoms. The molecule has 2 aromatic rings. The number of piperazine rings is 1. The van der Waals surface area contributed by atoms with E-state index < -0.39 is 0 Å². The summed E-state index contributed by atoms with van der Waals surface area (Å²) in [5.41, 5.74) is 0.637. The lowest BCUT2D eigenvalue weighted by Gasteiger charge is -2.34. The number of rotatable bonds is 6. The van der Waals surface area contributed by atoms with Gasteiger partial charge in [0.25, 0.3) is 5.91 Å². The minimum absolute atomic E-state index is 0.00393. The Kier molecular flexibility index (Phi) is 6.19. The van der Waals surface area contributed by atoms with E-state index in [-0.39, 0.29) is 11.8 Å². The maximum absolute atomic E-state index is 12.4. The second kappa shape index (κ2) is 8.99. The topological polar surface area (TPSA) is 62.7 Å². The molecule has 0 unspecified atom stereocenters. The highest BCUT2D eigenvalue weighted by atomic mass is 16.5. The molecule has 26 heavy (non-hydrogen) atoms. The second-order valence-corrected chi connectivity index (χ2v) is 6.17. The first kappa shape index (κ1) is 17.9. The molecule has 0 atom stereocenters. The van der Waals surface area contributed by atoms with Crippen LogP contribution in [0.2, 0.25) is 0 Å². The molecule has 0 bridgehead atoms. The molecule has 1 aromatic heterocycles. The van der Waals surface area contributed by atoms with Gasteiger partial charge in [0.05, 0.1) is 6.61 Å². The Labute approximate surface area is 153 Å². The van der Waals surface area contributed by atoms with Gasteiger partial charge in [0.1, 0.15) is 5.75 Å². The average Bonchev–Trinajstić information content (AvgIpc) is 2.72. The predicted octanol–water partition coefficient (Wildman–Crippen LogP) is 2.23. The number of amides is 2. The molecule has 2 amide bonds. The number of para-hydroxylation sites is 1. The van der Waals surface area contributed by atoms with Gasteiger partial charge in [-0.2, -0.15) is 0 Å². The van der Waals surface area contributed by atoms with Gasteiger partial charge >= 0.3 is 0 Å². The van der Waals surface area contributed by atoms with E-state index >= 15 is 0 Å². The summed E-state index contributed by atoms with van der Waals surface area (Å²) in [6.07, 6.45) is 4.38. The minimum Gasteiger partial charge on any atom is -0.494 e. The molecule has 0 saturated carbocycles. The zero-order valence-corrected chi connectivity index (χ0v) is 14.7. The Morgan fingerprint density at radius 1 is 0.923 bits per heavy atom. The number of aromatic nitrogens is 1. The van der Waals surface area contributed by atoms with Gasteiger partial charge in [-0.05, 0) is 30.7 Å². The molecule has 1 fully saturated rings. The molecule has 1 aliphatic rings. The third kappa shape index (κ3) is 4.81. The zero-order valence-electron chi connectivity index (χ0n) is 14.7. The van der Waals surface area contributed by atoms with E-state index in [1.54, 1.807) is 29.4 Å². The van der Waals surface area contributed by atoms with E-state index in [1.165, 1.54) is 0 Å². The average molecular weight is 353 g/mol. The van der Waals surface area contributed by atoms with Gasteiger partial charge in [-0.3, -0.25) is 14.6 Å². The van der Waals surface area contributed by atoms with Crippen LogP contribution in [0.1, 0.15) is 23.2 Å². The van der Waals surface area contributed by atoms with Crippen molar-refractivity contribution in [1.29, 1.82) is 0 Å². The van der Waals surface area contributed by atoms with Crippen LogP contribution in [0.25, 0.3) is 0 Å². The monoisotopic (exact) mass is 353 g/mol. The predicted molar refractivity (Wildman–Crippen MR) is 97.9 cm³/mol. The smallest absolute Gasteiger partial charge is 0.254 e. The van der Waals surface area contributed by atoms with Gasteiger partial charge in [0.15, 0.2) is 0 Å². The lowest BCUT2D eigenvalue weighted by atomic mass is 10.2. The van der Waals surface area contributed by atoms with Gasteiger partial charge in [-0.1, -0.05) is 18.2 Å². The Balaban J connectivity index is 1.37. The van der Waals surface area contributed by atoms with Crippen LogP contribution in [0.4, 0.5) is 0 Å². The van der Waals surface area contributed by atoms with Crippen molar-refractivity contribution in [1.82, 2.24) is 14.8 Å². The summed E-state index contributed by atoms with van der Waals surface area (Å²) < 4.78 is 5.61. The molecule has 0 radical (unpaired) electrons. The van der Waals surface area contributed by atoms with Crippen molar-refractivity contribution in [2.75, 3.05) is 32.8 Å².